The number of pyridine rings is 1. The molecular weight excluding hydrogens is 297 g/mol. The van der Waals surface area contributed by atoms with Gasteiger partial charge in [-0.3, -0.25) is 4.98 Å². The molecule has 1 atom stereocenters. The number of rotatable bonds is 5. The predicted molar refractivity (Wildman–Crippen MR) is 75.1 cm³/mol. The third-order valence-corrected chi connectivity index (χ3v) is 3.00. The van der Waals surface area contributed by atoms with Gasteiger partial charge in [-0.05, 0) is 18.6 Å². The van der Waals surface area contributed by atoms with E-state index in [1.807, 2.05) is 6.92 Å². The smallest absolute Gasteiger partial charge is 0.394 e. The van der Waals surface area contributed by atoms with Crippen molar-refractivity contribution in [2.24, 2.45) is 0 Å². The molecule has 5 nitrogen and oxygen atoms in total. The first-order valence-electron chi connectivity index (χ1n) is 6.68. The SMILES string of the molecule is CC[C@@H](CO)Nc1cc(C(F)(F)F)nc(-c2cccnc2)n1. The van der Waals surface area contributed by atoms with Crippen LogP contribution in [0.4, 0.5) is 19.0 Å². The zero-order chi connectivity index (χ0) is 16.2. The Morgan fingerprint density at radius 1 is 1.32 bits per heavy atom. The first-order valence-corrected chi connectivity index (χ1v) is 6.68. The first kappa shape index (κ1) is 16.2. The summed E-state index contributed by atoms with van der Waals surface area (Å²) in [5.74, 6) is -0.0553. The zero-order valence-electron chi connectivity index (χ0n) is 11.8. The molecule has 0 aliphatic carbocycles. The molecule has 0 unspecified atom stereocenters. The number of halogens is 3. The zero-order valence-corrected chi connectivity index (χ0v) is 11.8. The maximum atomic E-state index is 13.0. The molecule has 118 valence electrons. The van der Waals surface area contributed by atoms with Crippen LogP contribution in [-0.2, 0) is 6.18 Å². The van der Waals surface area contributed by atoms with Crippen molar-refractivity contribution in [1.29, 1.82) is 0 Å². The highest BCUT2D eigenvalue weighted by Crippen LogP contribution is 2.30. The van der Waals surface area contributed by atoms with E-state index < -0.39 is 11.9 Å². The van der Waals surface area contributed by atoms with Crippen LogP contribution in [0, 0.1) is 0 Å². The van der Waals surface area contributed by atoms with E-state index in [9.17, 15) is 13.2 Å². The van der Waals surface area contributed by atoms with E-state index in [2.05, 4.69) is 20.3 Å². The monoisotopic (exact) mass is 312 g/mol. The summed E-state index contributed by atoms with van der Waals surface area (Å²) in [5.41, 5.74) is -0.662. The highest BCUT2D eigenvalue weighted by molar-refractivity contribution is 5.56. The van der Waals surface area contributed by atoms with Crippen molar-refractivity contribution in [3.8, 4) is 11.4 Å². The average molecular weight is 312 g/mol. The van der Waals surface area contributed by atoms with Crippen LogP contribution >= 0.6 is 0 Å². The molecule has 2 heterocycles. The minimum Gasteiger partial charge on any atom is -0.394 e. The number of hydrogen-bond acceptors (Lipinski definition) is 5. The van der Waals surface area contributed by atoms with Crippen LogP contribution in [0.1, 0.15) is 19.0 Å². The second-order valence-electron chi connectivity index (χ2n) is 4.63. The van der Waals surface area contributed by atoms with E-state index in [1.54, 1.807) is 12.1 Å². The molecule has 0 bridgehead atoms. The van der Waals surface area contributed by atoms with Crippen molar-refractivity contribution >= 4 is 5.82 Å². The van der Waals surface area contributed by atoms with E-state index >= 15 is 0 Å². The molecule has 2 aromatic heterocycles. The van der Waals surface area contributed by atoms with Gasteiger partial charge in [0.05, 0.1) is 12.6 Å². The third-order valence-electron chi connectivity index (χ3n) is 3.00. The molecule has 0 spiro atoms. The molecule has 0 saturated heterocycles. The number of nitrogens with zero attached hydrogens (tertiary/aromatic N) is 3. The van der Waals surface area contributed by atoms with Crippen molar-refractivity contribution in [3.63, 3.8) is 0 Å². The van der Waals surface area contributed by atoms with Gasteiger partial charge in [0.2, 0.25) is 0 Å². The number of hydrogen-bond donors (Lipinski definition) is 2. The predicted octanol–water partition coefficient (Wildman–Crippen LogP) is 2.74. The maximum Gasteiger partial charge on any atom is 0.433 e. The molecule has 0 aromatic carbocycles. The second-order valence-corrected chi connectivity index (χ2v) is 4.63. The fourth-order valence-corrected chi connectivity index (χ4v) is 1.78. The lowest BCUT2D eigenvalue weighted by molar-refractivity contribution is -0.141. The Balaban J connectivity index is 2.46. The lowest BCUT2D eigenvalue weighted by atomic mass is 10.2. The van der Waals surface area contributed by atoms with Crippen LogP contribution < -0.4 is 5.32 Å². The molecule has 0 radical (unpaired) electrons. The summed E-state index contributed by atoms with van der Waals surface area (Å²) in [5, 5.41) is 11.9. The van der Waals surface area contributed by atoms with Crippen LogP contribution in [0.25, 0.3) is 11.4 Å². The fourth-order valence-electron chi connectivity index (χ4n) is 1.78. The van der Waals surface area contributed by atoms with Crippen LogP contribution in [0.5, 0.6) is 0 Å². The van der Waals surface area contributed by atoms with E-state index in [1.165, 1.54) is 12.4 Å². The summed E-state index contributed by atoms with van der Waals surface area (Å²) in [7, 11) is 0. The molecule has 0 aliphatic rings. The largest absolute Gasteiger partial charge is 0.433 e. The quantitative estimate of drug-likeness (QED) is 0.888. The molecule has 0 fully saturated rings. The van der Waals surface area contributed by atoms with Gasteiger partial charge >= 0.3 is 6.18 Å². The van der Waals surface area contributed by atoms with E-state index in [0.29, 0.717) is 12.0 Å². The molecule has 2 rings (SSSR count). The van der Waals surface area contributed by atoms with Crippen molar-refractivity contribution in [2.75, 3.05) is 11.9 Å². The number of aromatic nitrogens is 3. The van der Waals surface area contributed by atoms with Crippen molar-refractivity contribution in [1.82, 2.24) is 15.0 Å². The lowest BCUT2D eigenvalue weighted by Crippen LogP contribution is -2.24. The molecule has 0 aliphatic heterocycles. The van der Waals surface area contributed by atoms with Crippen molar-refractivity contribution < 1.29 is 18.3 Å². The molecule has 2 aromatic rings. The molecule has 0 amide bonds. The van der Waals surface area contributed by atoms with Gasteiger partial charge in [0.25, 0.3) is 0 Å². The number of aliphatic hydroxyl groups is 1. The van der Waals surface area contributed by atoms with Crippen molar-refractivity contribution in [3.05, 3.63) is 36.3 Å². The lowest BCUT2D eigenvalue weighted by Gasteiger charge is -2.16. The van der Waals surface area contributed by atoms with Gasteiger partial charge in [-0.2, -0.15) is 13.2 Å². The van der Waals surface area contributed by atoms with Gasteiger partial charge in [0, 0.05) is 24.0 Å². The van der Waals surface area contributed by atoms with Crippen LogP contribution in [0.2, 0.25) is 0 Å². The summed E-state index contributed by atoms with van der Waals surface area (Å²) in [6.07, 6.45) is -1.14. The second kappa shape index (κ2) is 6.69. The number of alkyl halides is 3. The summed E-state index contributed by atoms with van der Waals surface area (Å²) in [6, 6.07) is 3.63. The Morgan fingerprint density at radius 2 is 2.09 bits per heavy atom. The number of nitrogens with one attached hydrogen (secondary N) is 1. The summed E-state index contributed by atoms with van der Waals surface area (Å²) in [4.78, 5) is 11.5. The number of aliphatic hydroxyl groups excluding tert-OH is 1. The van der Waals surface area contributed by atoms with Gasteiger partial charge in [-0.15, -0.1) is 0 Å². The Morgan fingerprint density at radius 3 is 2.64 bits per heavy atom. The first-order chi connectivity index (χ1) is 10.4. The summed E-state index contributed by atoms with van der Waals surface area (Å²) >= 11 is 0. The highest BCUT2D eigenvalue weighted by Gasteiger charge is 2.34. The topological polar surface area (TPSA) is 70.9 Å². The molecule has 0 saturated carbocycles. The Labute approximate surface area is 125 Å². The van der Waals surface area contributed by atoms with Crippen molar-refractivity contribution in [2.45, 2.75) is 25.6 Å². The summed E-state index contributed by atoms with van der Waals surface area (Å²) in [6.45, 7) is 1.60. The molecular formula is C14H15F3N4O. The minimum atomic E-state index is -4.59. The molecule has 22 heavy (non-hydrogen) atoms. The Hall–Kier alpha value is -2.22. The third kappa shape index (κ3) is 3.91. The van der Waals surface area contributed by atoms with Gasteiger partial charge < -0.3 is 10.4 Å². The van der Waals surface area contributed by atoms with Crippen LogP contribution in [-0.4, -0.2) is 32.7 Å². The average Bonchev–Trinajstić information content (AvgIpc) is 2.52. The highest BCUT2D eigenvalue weighted by atomic mass is 19.4. The minimum absolute atomic E-state index is 0.0158. The molecule has 8 heteroatoms. The summed E-state index contributed by atoms with van der Waals surface area (Å²) < 4.78 is 38.9. The van der Waals surface area contributed by atoms with Gasteiger partial charge in [-0.25, -0.2) is 9.97 Å². The van der Waals surface area contributed by atoms with Gasteiger partial charge in [0.1, 0.15) is 5.82 Å². The van der Waals surface area contributed by atoms with E-state index in [0.717, 1.165) is 6.07 Å². The number of anilines is 1. The van der Waals surface area contributed by atoms with E-state index in [4.69, 9.17) is 5.11 Å². The molecule has 2 N–H and O–H groups in total. The van der Waals surface area contributed by atoms with Gasteiger partial charge in [0.15, 0.2) is 11.5 Å². The van der Waals surface area contributed by atoms with Crippen LogP contribution in [0.3, 0.4) is 0 Å². The van der Waals surface area contributed by atoms with Gasteiger partial charge in [-0.1, -0.05) is 6.92 Å². The Bertz CT molecular complexity index is 615. The standard InChI is InChI=1S/C14H15F3N4O/c1-2-10(8-22)19-12-6-11(14(15,16)17)20-13(21-12)9-4-3-5-18-7-9/h3-7,10,22H,2,8H2,1H3,(H,19,20,21)/t10-/m0/s1. The maximum absolute atomic E-state index is 13.0. The van der Waals surface area contributed by atoms with E-state index in [-0.39, 0.29) is 24.3 Å². The normalized spacial score (nSPS) is 13.0. The Kier molecular flexibility index (Phi) is 4.92. The van der Waals surface area contributed by atoms with Crippen LogP contribution in [0.15, 0.2) is 30.6 Å². The fraction of sp³-hybridized carbons (Fsp3) is 0.357.